The van der Waals surface area contributed by atoms with Gasteiger partial charge in [0.1, 0.15) is 0 Å². The number of ether oxygens (including phenoxy) is 1. The first kappa shape index (κ1) is 11.1. The summed E-state index contributed by atoms with van der Waals surface area (Å²) in [5.74, 6) is 0. The first-order chi connectivity index (χ1) is 6.65. The molecule has 0 aliphatic heterocycles. The molecular weight excluding hydrogens is 200 g/mol. The van der Waals surface area contributed by atoms with Crippen LogP contribution in [0.2, 0.25) is 0 Å². The van der Waals surface area contributed by atoms with Gasteiger partial charge < -0.3 is 9.30 Å². The molecule has 1 unspecified atom stereocenters. The van der Waals surface area contributed by atoms with Crippen LogP contribution in [-0.4, -0.2) is 22.8 Å². The van der Waals surface area contributed by atoms with Gasteiger partial charge in [0.2, 0.25) is 0 Å². The number of nitrogens with zero attached hydrogens (tertiary/aromatic N) is 1. The van der Waals surface area contributed by atoms with Crippen molar-refractivity contribution in [3.05, 3.63) is 27.4 Å². The maximum atomic E-state index is 10.9. The lowest BCUT2D eigenvalue weighted by atomic mass is 10.3. The van der Waals surface area contributed by atoms with Crippen LogP contribution in [-0.2, 0) is 4.74 Å². The summed E-state index contributed by atoms with van der Waals surface area (Å²) in [7, 11) is 0. The predicted octanol–water partition coefficient (Wildman–Crippen LogP) is 1.50. The Bertz CT molecular complexity index is 396. The van der Waals surface area contributed by atoms with Gasteiger partial charge in [-0.15, -0.1) is 0 Å². The molecule has 1 rings (SSSR count). The lowest BCUT2D eigenvalue weighted by Crippen LogP contribution is -2.17. The molecule has 1 heterocycles. The Morgan fingerprint density at radius 3 is 3.00 bits per heavy atom. The van der Waals surface area contributed by atoms with E-state index in [0.29, 0.717) is 18.0 Å². The lowest BCUT2D eigenvalue weighted by Gasteiger charge is -2.14. The maximum absolute atomic E-state index is 10.9. The van der Waals surface area contributed by atoms with Crippen LogP contribution in [0, 0.1) is 4.77 Å². The van der Waals surface area contributed by atoms with E-state index >= 15 is 0 Å². The summed E-state index contributed by atoms with van der Waals surface area (Å²) >= 11 is 5.02. The van der Waals surface area contributed by atoms with Crippen LogP contribution in [0.4, 0.5) is 0 Å². The molecule has 78 valence electrons. The fourth-order valence-corrected chi connectivity index (χ4v) is 1.48. The number of hydrogen-bond acceptors (Lipinski definition) is 3. The quantitative estimate of drug-likeness (QED) is 0.773. The molecular formula is C9H14N2O2S. The van der Waals surface area contributed by atoms with Gasteiger partial charge in [-0.25, -0.2) is 0 Å². The van der Waals surface area contributed by atoms with E-state index in [2.05, 4.69) is 4.98 Å². The molecule has 0 aliphatic carbocycles. The molecule has 0 spiro atoms. The Hall–Kier alpha value is -0.940. The third kappa shape index (κ3) is 2.78. The Morgan fingerprint density at radius 2 is 2.43 bits per heavy atom. The topological polar surface area (TPSA) is 47.0 Å². The van der Waals surface area contributed by atoms with Crippen LogP contribution in [0.5, 0.6) is 0 Å². The third-order valence-corrected chi connectivity index (χ3v) is 2.20. The second kappa shape index (κ2) is 5.07. The molecule has 1 atom stereocenters. The van der Waals surface area contributed by atoms with Crippen LogP contribution in [0.25, 0.3) is 0 Å². The van der Waals surface area contributed by atoms with E-state index in [1.165, 1.54) is 6.07 Å². The van der Waals surface area contributed by atoms with Crippen molar-refractivity contribution in [2.45, 2.75) is 19.9 Å². The van der Waals surface area contributed by atoms with Gasteiger partial charge in [-0.2, -0.15) is 0 Å². The Balaban J connectivity index is 2.85. The lowest BCUT2D eigenvalue weighted by molar-refractivity contribution is 0.118. The molecule has 1 aromatic heterocycles. The number of rotatable bonds is 4. The summed E-state index contributed by atoms with van der Waals surface area (Å²) in [6, 6.07) is 1.59. The molecule has 0 amide bonds. The molecule has 0 fully saturated rings. The molecule has 0 radical (unpaired) electrons. The van der Waals surface area contributed by atoms with Crippen molar-refractivity contribution in [2.75, 3.05) is 13.2 Å². The summed E-state index contributed by atoms with van der Waals surface area (Å²) in [5, 5.41) is 0. The molecule has 5 heteroatoms. The zero-order valence-corrected chi connectivity index (χ0v) is 9.13. The predicted molar refractivity (Wildman–Crippen MR) is 57.1 cm³/mol. The average Bonchev–Trinajstić information content (AvgIpc) is 2.14. The van der Waals surface area contributed by atoms with Crippen molar-refractivity contribution < 1.29 is 4.74 Å². The van der Waals surface area contributed by atoms with Gasteiger partial charge in [0.25, 0.3) is 5.56 Å². The Morgan fingerprint density at radius 1 is 1.71 bits per heavy atom. The molecule has 0 saturated carbocycles. The fraction of sp³-hybridized carbons (Fsp3) is 0.556. The highest BCUT2D eigenvalue weighted by atomic mass is 32.1. The molecule has 4 nitrogen and oxygen atoms in total. The van der Waals surface area contributed by atoms with Gasteiger partial charge in [0, 0.05) is 18.9 Å². The summed E-state index contributed by atoms with van der Waals surface area (Å²) < 4.78 is 7.52. The first-order valence-electron chi connectivity index (χ1n) is 4.54. The smallest absolute Gasteiger partial charge is 0.251 e. The highest BCUT2D eigenvalue weighted by molar-refractivity contribution is 7.71. The molecule has 0 saturated heterocycles. The van der Waals surface area contributed by atoms with E-state index in [0.717, 1.165) is 0 Å². The standard InChI is InChI=1S/C9H14N2O2S/c1-3-13-6-7(2)11-5-4-8(12)10-9(11)14/h4-5,7H,3,6H2,1-2H3,(H,10,12,14). The molecule has 1 N–H and O–H groups in total. The van der Waals surface area contributed by atoms with Gasteiger partial charge in [0.05, 0.1) is 12.6 Å². The van der Waals surface area contributed by atoms with Crippen molar-refractivity contribution in [3.63, 3.8) is 0 Å². The van der Waals surface area contributed by atoms with E-state index in [9.17, 15) is 4.79 Å². The minimum atomic E-state index is -0.171. The van der Waals surface area contributed by atoms with E-state index in [-0.39, 0.29) is 11.6 Å². The number of aromatic nitrogens is 2. The van der Waals surface area contributed by atoms with Gasteiger partial charge in [-0.1, -0.05) is 0 Å². The van der Waals surface area contributed by atoms with Crippen molar-refractivity contribution in [2.24, 2.45) is 0 Å². The van der Waals surface area contributed by atoms with Gasteiger partial charge in [-0.3, -0.25) is 9.78 Å². The summed E-state index contributed by atoms with van der Waals surface area (Å²) in [6.45, 7) is 5.21. The van der Waals surface area contributed by atoms with Crippen molar-refractivity contribution in [3.8, 4) is 0 Å². The van der Waals surface area contributed by atoms with Crippen molar-refractivity contribution >= 4 is 12.2 Å². The van der Waals surface area contributed by atoms with Crippen molar-refractivity contribution in [1.29, 1.82) is 0 Å². The highest BCUT2D eigenvalue weighted by Gasteiger charge is 2.03. The minimum absolute atomic E-state index is 0.138. The summed E-state index contributed by atoms with van der Waals surface area (Å²) in [4.78, 5) is 13.5. The molecule has 1 aromatic rings. The Labute approximate surface area is 87.5 Å². The molecule has 0 aliphatic rings. The second-order valence-electron chi connectivity index (χ2n) is 3.03. The van der Waals surface area contributed by atoms with Gasteiger partial charge >= 0.3 is 0 Å². The van der Waals surface area contributed by atoms with Crippen molar-refractivity contribution in [1.82, 2.24) is 9.55 Å². The van der Waals surface area contributed by atoms with Crippen LogP contribution in [0.3, 0.4) is 0 Å². The molecule has 14 heavy (non-hydrogen) atoms. The zero-order chi connectivity index (χ0) is 10.6. The van der Waals surface area contributed by atoms with Crippen LogP contribution >= 0.6 is 12.2 Å². The summed E-state index contributed by atoms with van der Waals surface area (Å²) in [6.07, 6.45) is 1.69. The number of H-pyrrole nitrogens is 1. The highest BCUT2D eigenvalue weighted by Crippen LogP contribution is 2.04. The number of nitrogens with one attached hydrogen (secondary N) is 1. The van der Waals surface area contributed by atoms with E-state index < -0.39 is 0 Å². The zero-order valence-electron chi connectivity index (χ0n) is 8.32. The van der Waals surface area contributed by atoms with E-state index in [1.54, 1.807) is 6.20 Å². The Kier molecular flexibility index (Phi) is 4.03. The number of hydrogen-bond donors (Lipinski definition) is 1. The van der Waals surface area contributed by atoms with E-state index in [1.807, 2.05) is 18.4 Å². The van der Waals surface area contributed by atoms with Gasteiger partial charge in [0.15, 0.2) is 4.77 Å². The minimum Gasteiger partial charge on any atom is -0.380 e. The summed E-state index contributed by atoms with van der Waals surface area (Å²) in [5.41, 5.74) is -0.171. The molecule has 0 aromatic carbocycles. The van der Waals surface area contributed by atoms with E-state index in [4.69, 9.17) is 17.0 Å². The van der Waals surface area contributed by atoms with Crippen LogP contribution < -0.4 is 5.56 Å². The number of aromatic amines is 1. The van der Waals surface area contributed by atoms with Crippen LogP contribution in [0.1, 0.15) is 19.9 Å². The first-order valence-corrected chi connectivity index (χ1v) is 4.95. The molecule has 0 bridgehead atoms. The average molecular weight is 214 g/mol. The fourth-order valence-electron chi connectivity index (χ4n) is 1.14. The largest absolute Gasteiger partial charge is 0.380 e. The van der Waals surface area contributed by atoms with Crippen LogP contribution in [0.15, 0.2) is 17.1 Å². The van der Waals surface area contributed by atoms with Gasteiger partial charge in [-0.05, 0) is 26.1 Å². The monoisotopic (exact) mass is 214 g/mol. The third-order valence-electron chi connectivity index (χ3n) is 1.89. The SMILES string of the molecule is CCOCC(C)n1ccc(=O)[nH]c1=S. The second-order valence-corrected chi connectivity index (χ2v) is 3.41. The maximum Gasteiger partial charge on any atom is 0.251 e. The normalized spacial score (nSPS) is 12.7.